The van der Waals surface area contributed by atoms with Gasteiger partial charge in [0.25, 0.3) is 0 Å². The van der Waals surface area contributed by atoms with Crippen LogP contribution in [0.25, 0.3) is 0 Å². The molecule has 1 aromatic rings. The molecule has 2 rings (SSSR count). The lowest BCUT2D eigenvalue weighted by Crippen LogP contribution is -2.38. The van der Waals surface area contributed by atoms with Crippen molar-refractivity contribution in [1.29, 1.82) is 0 Å². The minimum Gasteiger partial charge on any atom is -0.508 e. The number of aromatic hydroxyl groups is 1. The topological polar surface area (TPSA) is 32.7 Å². The summed E-state index contributed by atoms with van der Waals surface area (Å²) in [6.07, 6.45) is 1.18. The molecule has 1 aliphatic heterocycles. The van der Waals surface area contributed by atoms with Gasteiger partial charge in [-0.2, -0.15) is 0 Å². The molecule has 0 amide bonds. The molecule has 1 aliphatic rings. The average Bonchev–Trinajstić information content (AvgIpc) is 2.74. The van der Waals surface area contributed by atoms with Gasteiger partial charge in [0.2, 0.25) is 0 Å². The smallest absolute Gasteiger partial charge is 0.126 e. The van der Waals surface area contributed by atoms with E-state index in [9.17, 15) is 9.50 Å². The summed E-state index contributed by atoms with van der Waals surface area (Å²) >= 11 is 0. The molecule has 4 heteroatoms. The van der Waals surface area contributed by atoms with Crippen LogP contribution in [0.2, 0.25) is 0 Å². The van der Waals surface area contributed by atoms with Crippen molar-refractivity contribution in [1.82, 2.24) is 4.90 Å². The van der Waals surface area contributed by atoms with E-state index < -0.39 is 5.82 Å². The molecule has 1 fully saturated rings. The molecule has 0 radical (unpaired) electrons. The van der Waals surface area contributed by atoms with E-state index in [0.29, 0.717) is 6.04 Å². The second-order valence-electron chi connectivity index (χ2n) is 4.98. The average molecular weight is 253 g/mol. The Morgan fingerprint density at radius 1 is 1.50 bits per heavy atom. The van der Waals surface area contributed by atoms with Crippen LogP contribution in [0.1, 0.15) is 31.9 Å². The van der Waals surface area contributed by atoms with E-state index >= 15 is 0 Å². The van der Waals surface area contributed by atoms with Crippen molar-refractivity contribution in [3.8, 4) is 5.75 Å². The number of likely N-dealkylation sites (N-methyl/N-ethyl adjacent to an activating group) is 1. The summed E-state index contributed by atoms with van der Waals surface area (Å²) in [7, 11) is 2.02. The van der Waals surface area contributed by atoms with Gasteiger partial charge in [-0.3, -0.25) is 4.90 Å². The Morgan fingerprint density at radius 3 is 2.78 bits per heavy atom. The second-order valence-corrected chi connectivity index (χ2v) is 4.98. The minimum absolute atomic E-state index is 0.0147. The van der Waals surface area contributed by atoms with Gasteiger partial charge in [-0.1, -0.05) is 6.07 Å². The van der Waals surface area contributed by atoms with Crippen LogP contribution >= 0.6 is 0 Å². The summed E-state index contributed by atoms with van der Waals surface area (Å²) < 4.78 is 18.5. The normalized spacial score (nSPS) is 25.6. The van der Waals surface area contributed by atoms with Gasteiger partial charge < -0.3 is 9.84 Å². The highest BCUT2D eigenvalue weighted by atomic mass is 19.1. The summed E-state index contributed by atoms with van der Waals surface area (Å²) in [5.41, 5.74) is 0.748. The van der Waals surface area contributed by atoms with Crippen LogP contribution in [0.3, 0.4) is 0 Å². The van der Waals surface area contributed by atoms with Gasteiger partial charge >= 0.3 is 0 Å². The molecule has 0 saturated carbocycles. The van der Waals surface area contributed by atoms with Crippen molar-refractivity contribution >= 4 is 0 Å². The number of nitrogens with zero attached hydrogens (tertiary/aromatic N) is 1. The molecule has 1 saturated heterocycles. The maximum absolute atomic E-state index is 13.0. The zero-order valence-electron chi connectivity index (χ0n) is 11.1. The largest absolute Gasteiger partial charge is 0.508 e. The van der Waals surface area contributed by atoms with E-state index in [0.717, 1.165) is 24.7 Å². The van der Waals surface area contributed by atoms with Gasteiger partial charge in [-0.15, -0.1) is 0 Å². The highest BCUT2D eigenvalue weighted by Gasteiger charge is 2.31. The first kappa shape index (κ1) is 13.3. The third-order valence-corrected chi connectivity index (χ3v) is 3.91. The standard InChI is InChI=1S/C14H20FNO2/c1-9(12-5-4-11(15)8-14(12)17)16(3)13-6-7-18-10(13)2/h4-5,8-10,13,17H,6-7H2,1-3H3. The van der Waals surface area contributed by atoms with Crippen molar-refractivity contribution in [2.45, 2.75) is 38.5 Å². The van der Waals surface area contributed by atoms with Crippen molar-refractivity contribution in [2.75, 3.05) is 13.7 Å². The number of hydrogen-bond acceptors (Lipinski definition) is 3. The van der Waals surface area contributed by atoms with Crippen LogP contribution in [-0.2, 0) is 4.74 Å². The van der Waals surface area contributed by atoms with Crippen LogP contribution in [0.4, 0.5) is 4.39 Å². The fourth-order valence-electron chi connectivity index (χ4n) is 2.63. The third kappa shape index (κ3) is 2.49. The van der Waals surface area contributed by atoms with E-state index in [4.69, 9.17) is 4.74 Å². The monoisotopic (exact) mass is 253 g/mol. The molecular formula is C14H20FNO2. The fourth-order valence-corrected chi connectivity index (χ4v) is 2.63. The number of benzene rings is 1. The van der Waals surface area contributed by atoms with E-state index in [2.05, 4.69) is 11.8 Å². The molecule has 3 unspecified atom stereocenters. The van der Waals surface area contributed by atoms with Gasteiger partial charge in [0.15, 0.2) is 0 Å². The molecule has 0 aliphatic carbocycles. The first-order chi connectivity index (χ1) is 8.50. The highest BCUT2D eigenvalue weighted by Crippen LogP contribution is 2.32. The Hall–Kier alpha value is -1.13. The lowest BCUT2D eigenvalue weighted by molar-refractivity contribution is 0.0699. The van der Waals surface area contributed by atoms with E-state index in [1.54, 1.807) is 6.07 Å². The predicted octanol–water partition coefficient (Wildman–Crippen LogP) is 2.70. The van der Waals surface area contributed by atoms with Crippen molar-refractivity contribution in [3.63, 3.8) is 0 Å². The molecule has 0 bridgehead atoms. The SMILES string of the molecule is CC1OCCC1N(C)C(C)c1ccc(F)cc1O. The minimum atomic E-state index is -0.413. The lowest BCUT2D eigenvalue weighted by atomic mass is 10.0. The Labute approximate surface area is 107 Å². The van der Waals surface area contributed by atoms with Crippen LogP contribution in [0, 0.1) is 5.82 Å². The first-order valence-electron chi connectivity index (χ1n) is 6.32. The Bertz CT molecular complexity index is 424. The Balaban J connectivity index is 2.17. The quantitative estimate of drug-likeness (QED) is 0.899. The van der Waals surface area contributed by atoms with Gasteiger partial charge in [-0.05, 0) is 33.4 Å². The maximum Gasteiger partial charge on any atom is 0.126 e. The predicted molar refractivity (Wildman–Crippen MR) is 68.1 cm³/mol. The highest BCUT2D eigenvalue weighted by molar-refractivity contribution is 5.35. The molecule has 18 heavy (non-hydrogen) atoms. The second kappa shape index (κ2) is 5.24. The molecule has 3 nitrogen and oxygen atoms in total. The van der Waals surface area contributed by atoms with Gasteiger partial charge in [0.05, 0.1) is 6.10 Å². The van der Waals surface area contributed by atoms with Crippen LogP contribution in [0.15, 0.2) is 18.2 Å². The number of phenolic OH excluding ortho intramolecular Hbond substituents is 1. The number of phenols is 1. The first-order valence-corrected chi connectivity index (χ1v) is 6.32. The van der Waals surface area contributed by atoms with Crippen molar-refractivity contribution in [3.05, 3.63) is 29.6 Å². The molecule has 1 N–H and O–H groups in total. The van der Waals surface area contributed by atoms with Gasteiger partial charge in [0, 0.05) is 30.3 Å². The third-order valence-electron chi connectivity index (χ3n) is 3.91. The van der Waals surface area contributed by atoms with E-state index in [1.165, 1.54) is 6.07 Å². The zero-order chi connectivity index (χ0) is 13.3. The molecule has 100 valence electrons. The van der Waals surface area contributed by atoms with Crippen molar-refractivity contribution in [2.24, 2.45) is 0 Å². The lowest BCUT2D eigenvalue weighted by Gasteiger charge is -2.32. The number of rotatable bonds is 3. The molecule has 1 heterocycles. The van der Waals surface area contributed by atoms with Crippen molar-refractivity contribution < 1.29 is 14.2 Å². The number of ether oxygens (including phenoxy) is 1. The summed E-state index contributed by atoms with van der Waals surface area (Å²) in [6.45, 7) is 4.85. The van der Waals surface area contributed by atoms with E-state index in [-0.39, 0.29) is 17.9 Å². The Kier molecular flexibility index (Phi) is 3.88. The molecule has 0 spiro atoms. The molecule has 3 atom stereocenters. The van der Waals surface area contributed by atoms with Crippen LogP contribution < -0.4 is 0 Å². The fraction of sp³-hybridized carbons (Fsp3) is 0.571. The summed E-state index contributed by atoms with van der Waals surface area (Å²) in [5, 5.41) is 9.82. The summed E-state index contributed by atoms with van der Waals surface area (Å²) in [4.78, 5) is 2.19. The number of hydrogen-bond donors (Lipinski definition) is 1. The van der Waals surface area contributed by atoms with Gasteiger partial charge in [0.1, 0.15) is 11.6 Å². The van der Waals surface area contributed by atoms with Gasteiger partial charge in [-0.25, -0.2) is 4.39 Å². The molecular weight excluding hydrogens is 233 g/mol. The summed E-state index contributed by atoms with van der Waals surface area (Å²) in [6, 6.07) is 4.55. The number of halogens is 1. The van der Waals surface area contributed by atoms with E-state index in [1.807, 2.05) is 14.0 Å². The molecule has 1 aromatic carbocycles. The Morgan fingerprint density at radius 2 is 2.22 bits per heavy atom. The maximum atomic E-state index is 13.0. The van der Waals surface area contributed by atoms with Crippen LogP contribution in [-0.4, -0.2) is 35.8 Å². The van der Waals surface area contributed by atoms with Crippen LogP contribution in [0.5, 0.6) is 5.75 Å². The summed E-state index contributed by atoms with van der Waals surface area (Å²) in [5.74, 6) is -0.399. The molecule has 0 aromatic heterocycles. The zero-order valence-corrected chi connectivity index (χ0v) is 11.1.